The first-order valence-electron chi connectivity index (χ1n) is 12.0. The number of rotatable bonds is 7. The standard InChI is InChI=1S/C25H33N7/c1-17-16-22(26-12-7-15-32-13-4-3-5-14-32)29-24(27-17)31-25-28-18(2)20-11-10-19-8-6-9-21(19)23(20)30-25/h10-11,16H,3-9,12-15H2,1-2H3,(H2,26,27,28,29,30,31). The Morgan fingerprint density at radius 3 is 2.62 bits per heavy atom. The van der Waals surface area contributed by atoms with Crippen molar-refractivity contribution in [2.45, 2.75) is 58.8 Å². The van der Waals surface area contributed by atoms with Crippen LogP contribution < -0.4 is 10.6 Å². The normalized spacial score (nSPS) is 16.3. The molecule has 1 aliphatic carbocycles. The molecule has 1 aromatic carbocycles. The van der Waals surface area contributed by atoms with E-state index in [2.05, 4.69) is 42.6 Å². The van der Waals surface area contributed by atoms with Crippen molar-refractivity contribution in [3.63, 3.8) is 0 Å². The van der Waals surface area contributed by atoms with Gasteiger partial charge >= 0.3 is 0 Å². The number of benzene rings is 1. The number of anilines is 3. The smallest absolute Gasteiger partial charge is 0.231 e. The van der Waals surface area contributed by atoms with Gasteiger partial charge in [0.05, 0.1) is 11.2 Å². The van der Waals surface area contributed by atoms with E-state index >= 15 is 0 Å². The maximum atomic E-state index is 4.86. The summed E-state index contributed by atoms with van der Waals surface area (Å²) in [7, 11) is 0. The SMILES string of the molecule is Cc1cc(NCCCN2CCCCC2)nc(Nc2nc(C)c3ccc4c(c3n2)CCC4)n1. The first-order chi connectivity index (χ1) is 15.7. The summed E-state index contributed by atoms with van der Waals surface area (Å²) in [5.74, 6) is 1.95. The van der Waals surface area contributed by atoms with Gasteiger partial charge in [-0.15, -0.1) is 0 Å². The van der Waals surface area contributed by atoms with E-state index in [1.54, 1.807) is 0 Å². The van der Waals surface area contributed by atoms with Gasteiger partial charge in [-0.3, -0.25) is 5.32 Å². The van der Waals surface area contributed by atoms with Crippen molar-refractivity contribution in [1.82, 2.24) is 24.8 Å². The topological polar surface area (TPSA) is 78.9 Å². The number of aromatic nitrogens is 4. The van der Waals surface area contributed by atoms with Gasteiger partial charge in [0.2, 0.25) is 11.9 Å². The summed E-state index contributed by atoms with van der Waals surface area (Å²) >= 11 is 0. The molecule has 0 spiro atoms. The minimum absolute atomic E-state index is 0.537. The van der Waals surface area contributed by atoms with Crippen LogP contribution in [0.3, 0.4) is 0 Å². The molecule has 1 fully saturated rings. The van der Waals surface area contributed by atoms with E-state index in [-0.39, 0.29) is 0 Å². The molecule has 0 atom stereocenters. The predicted octanol–water partition coefficient (Wildman–Crippen LogP) is 4.56. The Labute approximate surface area is 190 Å². The van der Waals surface area contributed by atoms with Crippen molar-refractivity contribution in [2.24, 2.45) is 0 Å². The van der Waals surface area contributed by atoms with Crippen LogP contribution in [-0.2, 0) is 12.8 Å². The van der Waals surface area contributed by atoms with Crippen molar-refractivity contribution in [2.75, 3.05) is 36.8 Å². The van der Waals surface area contributed by atoms with Crippen molar-refractivity contribution in [3.05, 3.63) is 40.7 Å². The summed E-state index contributed by atoms with van der Waals surface area (Å²) in [6.45, 7) is 8.58. The monoisotopic (exact) mass is 431 g/mol. The Morgan fingerprint density at radius 2 is 1.75 bits per heavy atom. The second-order valence-corrected chi connectivity index (χ2v) is 9.11. The molecule has 3 aromatic rings. The third-order valence-corrected chi connectivity index (χ3v) is 6.62. The predicted molar refractivity (Wildman–Crippen MR) is 130 cm³/mol. The Morgan fingerprint density at radius 1 is 0.906 bits per heavy atom. The minimum Gasteiger partial charge on any atom is -0.370 e. The summed E-state index contributed by atoms with van der Waals surface area (Å²) in [6.07, 6.45) is 8.62. The van der Waals surface area contributed by atoms with E-state index in [1.165, 1.54) is 49.9 Å². The van der Waals surface area contributed by atoms with Gasteiger partial charge in [0.25, 0.3) is 0 Å². The fraction of sp³-hybridized carbons (Fsp3) is 0.520. The first kappa shape index (κ1) is 21.1. The second-order valence-electron chi connectivity index (χ2n) is 9.11. The van der Waals surface area contributed by atoms with Gasteiger partial charge in [0.15, 0.2) is 0 Å². The van der Waals surface area contributed by atoms with Crippen LogP contribution in [0, 0.1) is 13.8 Å². The average molecular weight is 432 g/mol. The van der Waals surface area contributed by atoms with Crippen LogP contribution >= 0.6 is 0 Å². The van der Waals surface area contributed by atoms with Gasteiger partial charge in [-0.25, -0.2) is 15.0 Å². The van der Waals surface area contributed by atoms with Crippen molar-refractivity contribution in [3.8, 4) is 0 Å². The lowest BCUT2D eigenvalue weighted by Gasteiger charge is -2.26. The molecule has 7 nitrogen and oxygen atoms in total. The average Bonchev–Trinajstić information content (AvgIpc) is 3.27. The van der Waals surface area contributed by atoms with E-state index in [1.807, 2.05) is 19.9 Å². The van der Waals surface area contributed by atoms with Crippen LogP contribution in [-0.4, -0.2) is 51.0 Å². The van der Waals surface area contributed by atoms with Gasteiger partial charge < -0.3 is 10.2 Å². The Kier molecular flexibility index (Phi) is 6.17. The largest absolute Gasteiger partial charge is 0.370 e. The molecule has 0 unspecified atom stereocenters. The quantitative estimate of drug-likeness (QED) is 0.531. The Bertz CT molecular complexity index is 1110. The molecule has 0 amide bonds. The number of nitrogens with zero attached hydrogens (tertiary/aromatic N) is 5. The maximum Gasteiger partial charge on any atom is 0.231 e. The van der Waals surface area contributed by atoms with Crippen LogP contribution in [0.5, 0.6) is 0 Å². The molecule has 2 aromatic heterocycles. The van der Waals surface area contributed by atoms with Gasteiger partial charge in [-0.2, -0.15) is 4.98 Å². The van der Waals surface area contributed by atoms with E-state index in [0.717, 1.165) is 60.5 Å². The number of fused-ring (bicyclic) bond motifs is 3. The molecule has 3 heterocycles. The number of hydrogen-bond donors (Lipinski definition) is 2. The molecule has 2 N–H and O–H groups in total. The molecule has 168 valence electrons. The molecule has 32 heavy (non-hydrogen) atoms. The lowest BCUT2D eigenvalue weighted by molar-refractivity contribution is 0.228. The zero-order valence-corrected chi connectivity index (χ0v) is 19.2. The highest BCUT2D eigenvalue weighted by Gasteiger charge is 2.17. The Balaban J connectivity index is 1.28. The van der Waals surface area contributed by atoms with Gasteiger partial charge in [-0.05, 0) is 83.1 Å². The molecule has 5 rings (SSSR count). The summed E-state index contributed by atoms with van der Waals surface area (Å²) < 4.78 is 0. The first-order valence-corrected chi connectivity index (χ1v) is 12.0. The number of nitrogens with one attached hydrogen (secondary N) is 2. The fourth-order valence-corrected chi connectivity index (χ4v) is 4.99. The van der Waals surface area contributed by atoms with E-state index < -0.39 is 0 Å². The van der Waals surface area contributed by atoms with Gasteiger partial charge in [0, 0.05) is 23.7 Å². The molecule has 2 aliphatic rings. The van der Waals surface area contributed by atoms with Gasteiger partial charge in [-0.1, -0.05) is 18.6 Å². The van der Waals surface area contributed by atoms with E-state index in [4.69, 9.17) is 4.98 Å². The summed E-state index contributed by atoms with van der Waals surface area (Å²) in [5, 5.41) is 7.86. The molecular formula is C25H33N7. The molecule has 1 saturated heterocycles. The molecule has 1 aliphatic heterocycles. The third-order valence-electron chi connectivity index (χ3n) is 6.62. The highest BCUT2D eigenvalue weighted by Crippen LogP contribution is 2.30. The molecule has 7 heteroatoms. The second kappa shape index (κ2) is 9.36. The summed E-state index contributed by atoms with van der Waals surface area (Å²) in [5.41, 5.74) is 5.76. The van der Waals surface area contributed by atoms with Crippen LogP contribution in [0.1, 0.15) is 54.6 Å². The molecular weight excluding hydrogens is 398 g/mol. The minimum atomic E-state index is 0.537. The number of hydrogen-bond acceptors (Lipinski definition) is 7. The van der Waals surface area contributed by atoms with Crippen LogP contribution in [0.4, 0.5) is 17.7 Å². The van der Waals surface area contributed by atoms with Crippen molar-refractivity contribution in [1.29, 1.82) is 0 Å². The van der Waals surface area contributed by atoms with E-state index in [0.29, 0.717) is 11.9 Å². The highest BCUT2D eigenvalue weighted by atomic mass is 15.2. The van der Waals surface area contributed by atoms with Gasteiger partial charge in [0.1, 0.15) is 5.82 Å². The van der Waals surface area contributed by atoms with Crippen molar-refractivity contribution >= 4 is 28.6 Å². The molecule has 0 bridgehead atoms. The number of aryl methyl sites for hydroxylation is 4. The van der Waals surface area contributed by atoms with Crippen LogP contribution in [0.2, 0.25) is 0 Å². The maximum absolute atomic E-state index is 4.86. The number of likely N-dealkylation sites (tertiary alicyclic amines) is 1. The van der Waals surface area contributed by atoms with Crippen LogP contribution in [0.15, 0.2) is 18.2 Å². The molecule has 0 saturated carbocycles. The summed E-state index contributed by atoms with van der Waals surface area (Å²) in [4.78, 5) is 21.3. The van der Waals surface area contributed by atoms with E-state index in [9.17, 15) is 0 Å². The lowest BCUT2D eigenvalue weighted by Crippen LogP contribution is -2.31. The fourth-order valence-electron chi connectivity index (χ4n) is 4.99. The highest BCUT2D eigenvalue weighted by molar-refractivity contribution is 5.86. The lowest BCUT2D eigenvalue weighted by atomic mass is 10.0. The third kappa shape index (κ3) is 4.67. The van der Waals surface area contributed by atoms with Crippen molar-refractivity contribution < 1.29 is 0 Å². The number of piperidine rings is 1. The zero-order valence-electron chi connectivity index (χ0n) is 19.2. The van der Waals surface area contributed by atoms with Crippen LogP contribution in [0.25, 0.3) is 10.9 Å². The Hall–Kier alpha value is -2.80. The summed E-state index contributed by atoms with van der Waals surface area (Å²) in [6, 6.07) is 6.39. The zero-order chi connectivity index (χ0) is 21.9. The molecule has 0 radical (unpaired) electrons.